The van der Waals surface area contributed by atoms with Crippen molar-refractivity contribution in [3.63, 3.8) is 0 Å². The normalized spacial score (nSPS) is 21.6. The second kappa shape index (κ2) is 4.05. The highest BCUT2D eigenvalue weighted by molar-refractivity contribution is 5.80. The van der Waals surface area contributed by atoms with E-state index in [1.165, 1.54) is 12.1 Å². The van der Waals surface area contributed by atoms with Gasteiger partial charge in [-0.15, -0.1) is 0 Å². The maximum Gasteiger partial charge on any atom is 0.227 e. The summed E-state index contributed by atoms with van der Waals surface area (Å²) in [5.41, 5.74) is 0.0410. The lowest BCUT2D eigenvalue weighted by atomic mass is 9.88. The van der Waals surface area contributed by atoms with Crippen LogP contribution in [0, 0.1) is 11.7 Å². The standard InChI is InChI=1S/C14H16FNO2/c15-12-3-1-2-10(6-12)7-13(17)16-8-14(18,9-16)11-4-5-11/h1-3,6,11,18H,4-5,7-9H2. The fraction of sp³-hybridized carbons (Fsp3) is 0.500. The fourth-order valence-corrected chi connectivity index (χ4v) is 2.60. The van der Waals surface area contributed by atoms with E-state index in [-0.39, 0.29) is 18.1 Å². The molecule has 2 fully saturated rings. The smallest absolute Gasteiger partial charge is 0.227 e. The van der Waals surface area contributed by atoms with Crippen LogP contribution < -0.4 is 0 Å². The predicted molar refractivity (Wildman–Crippen MR) is 64.4 cm³/mol. The number of amides is 1. The number of hydrogen-bond acceptors (Lipinski definition) is 2. The van der Waals surface area contributed by atoms with Gasteiger partial charge in [0.05, 0.1) is 19.5 Å². The molecular formula is C14H16FNO2. The van der Waals surface area contributed by atoms with Crippen LogP contribution in [-0.2, 0) is 11.2 Å². The van der Waals surface area contributed by atoms with Crippen molar-refractivity contribution in [1.29, 1.82) is 0 Å². The van der Waals surface area contributed by atoms with Crippen molar-refractivity contribution in [2.45, 2.75) is 24.9 Å². The number of hydrogen-bond donors (Lipinski definition) is 1. The molecule has 1 aromatic carbocycles. The van der Waals surface area contributed by atoms with Gasteiger partial charge in [0.15, 0.2) is 0 Å². The predicted octanol–water partition coefficient (Wildman–Crippen LogP) is 1.35. The molecule has 18 heavy (non-hydrogen) atoms. The Labute approximate surface area is 105 Å². The first-order valence-electron chi connectivity index (χ1n) is 6.31. The van der Waals surface area contributed by atoms with Crippen LogP contribution in [-0.4, -0.2) is 34.6 Å². The highest BCUT2D eigenvalue weighted by Gasteiger charge is 2.53. The summed E-state index contributed by atoms with van der Waals surface area (Å²) in [6.07, 6.45) is 2.35. The summed E-state index contributed by atoms with van der Waals surface area (Å²) < 4.78 is 13.0. The minimum atomic E-state index is -0.641. The Hall–Kier alpha value is -1.42. The van der Waals surface area contributed by atoms with Crippen LogP contribution in [0.5, 0.6) is 0 Å². The van der Waals surface area contributed by atoms with E-state index in [2.05, 4.69) is 0 Å². The summed E-state index contributed by atoms with van der Waals surface area (Å²) in [6, 6.07) is 6.09. The molecule has 1 N–H and O–H groups in total. The molecule has 4 heteroatoms. The lowest BCUT2D eigenvalue weighted by molar-refractivity contribution is -0.158. The van der Waals surface area contributed by atoms with Crippen molar-refractivity contribution in [2.24, 2.45) is 5.92 Å². The van der Waals surface area contributed by atoms with Gasteiger partial charge in [0, 0.05) is 0 Å². The van der Waals surface area contributed by atoms with Gasteiger partial charge in [-0.25, -0.2) is 4.39 Å². The number of nitrogens with zero attached hydrogens (tertiary/aromatic N) is 1. The zero-order valence-corrected chi connectivity index (χ0v) is 10.1. The van der Waals surface area contributed by atoms with Crippen molar-refractivity contribution in [1.82, 2.24) is 4.90 Å². The Kier molecular flexibility index (Phi) is 2.63. The molecule has 96 valence electrons. The maximum atomic E-state index is 13.0. The first kappa shape index (κ1) is 11.7. The van der Waals surface area contributed by atoms with Crippen LogP contribution >= 0.6 is 0 Å². The van der Waals surface area contributed by atoms with Gasteiger partial charge in [-0.3, -0.25) is 4.79 Å². The zero-order chi connectivity index (χ0) is 12.8. The number of aliphatic hydroxyl groups is 1. The SMILES string of the molecule is O=C(Cc1cccc(F)c1)N1CC(O)(C2CC2)C1. The first-order valence-corrected chi connectivity index (χ1v) is 6.31. The zero-order valence-electron chi connectivity index (χ0n) is 10.1. The number of carbonyl (C=O) groups excluding carboxylic acids is 1. The van der Waals surface area contributed by atoms with Gasteiger partial charge < -0.3 is 10.0 Å². The van der Waals surface area contributed by atoms with Crippen LogP contribution in [0.2, 0.25) is 0 Å². The van der Waals surface area contributed by atoms with Crippen molar-refractivity contribution < 1.29 is 14.3 Å². The Morgan fingerprint density at radius 3 is 2.78 bits per heavy atom. The van der Waals surface area contributed by atoms with Gasteiger partial charge in [0.25, 0.3) is 0 Å². The van der Waals surface area contributed by atoms with Gasteiger partial charge in [-0.1, -0.05) is 12.1 Å². The molecule has 1 heterocycles. The van der Waals surface area contributed by atoms with Crippen LogP contribution in [0.3, 0.4) is 0 Å². The van der Waals surface area contributed by atoms with E-state index >= 15 is 0 Å². The van der Waals surface area contributed by atoms with E-state index in [1.54, 1.807) is 17.0 Å². The number of benzene rings is 1. The fourth-order valence-electron chi connectivity index (χ4n) is 2.60. The quantitative estimate of drug-likeness (QED) is 0.878. The van der Waals surface area contributed by atoms with Gasteiger partial charge in [-0.05, 0) is 36.5 Å². The third-order valence-electron chi connectivity index (χ3n) is 3.86. The molecule has 1 aromatic rings. The van der Waals surface area contributed by atoms with E-state index < -0.39 is 5.60 Å². The Bertz CT molecular complexity index is 478. The highest BCUT2D eigenvalue weighted by atomic mass is 19.1. The lowest BCUT2D eigenvalue weighted by Gasteiger charge is -2.47. The summed E-state index contributed by atoms with van der Waals surface area (Å²) in [5, 5.41) is 10.1. The van der Waals surface area contributed by atoms with E-state index in [4.69, 9.17) is 0 Å². The Morgan fingerprint density at radius 1 is 1.44 bits per heavy atom. The molecule has 1 aliphatic carbocycles. The second-order valence-electron chi connectivity index (χ2n) is 5.43. The Balaban J connectivity index is 1.57. The molecule has 1 amide bonds. The molecule has 0 bridgehead atoms. The first-order chi connectivity index (χ1) is 8.57. The Morgan fingerprint density at radius 2 is 2.17 bits per heavy atom. The monoisotopic (exact) mass is 249 g/mol. The summed E-state index contributed by atoms with van der Waals surface area (Å²) in [7, 11) is 0. The van der Waals surface area contributed by atoms with Crippen LogP contribution in [0.15, 0.2) is 24.3 Å². The van der Waals surface area contributed by atoms with Crippen LogP contribution in [0.1, 0.15) is 18.4 Å². The molecule has 0 radical (unpaired) electrons. The third-order valence-corrected chi connectivity index (χ3v) is 3.86. The number of β-amino-alcohol motifs (C(OH)–C–C–N with tert-alkyl or cyclic N) is 1. The van der Waals surface area contributed by atoms with E-state index in [1.807, 2.05) is 0 Å². The lowest BCUT2D eigenvalue weighted by Crippen LogP contribution is -2.65. The van der Waals surface area contributed by atoms with Crippen LogP contribution in [0.4, 0.5) is 4.39 Å². The number of rotatable bonds is 3. The van der Waals surface area contributed by atoms with Gasteiger partial charge in [-0.2, -0.15) is 0 Å². The molecular weight excluding hydrogens is 233 g/mol. The molecule has 3 nitrogen and oxygen atoms in total. The largest absolute Gasteiger partial charge is 0.386 e. The molecule has 0 atom stereocenters. The number of carbonyl (C=O) groups is 1. The average molecular weight is 249 g/mol. The minimum absolute atomic E-state index is 0.0362. The van der Waals surface area contributed by atoms with Crippen molar-refractivity contribution in [3.8, 4) is 0 Å². The average Bonchev–Trinajstić information content (AvgIpc) is 3.08. The van der Waals surface area contributed by atoms with Crippen LogP contribution in [0.25, 0.3) is 0 Å². The molecule has 2 aliphatic rings. The van der Waals surface area contributed by atoms with E-state index in [9.17, 15) is 14.3 Å². The molecule has 1 saturated carbocycles. The van der Waals surface area contributed by atoms with Gasteiger partial charge in [0.2, 0.25) is 5.91 Å². The van der Waals surface area contributed by atoms with Crippen molar-refractivity contribution >= 4 is 5.91 Å². The van der Waals surface area contributed by atoms with Gasteiger partial charge in [0.1, 0.15) is 11.4 Å². The molecule has 0 aromatic heterocycles. The molecule has 1 saturated heterocycles. The van der Waals surface area contributed by atoms with Gasteiger partial charge >= 0.3 is 0 Å². The summed E-state index contributed by atoms with van der Waals surface area (Å²) >= 11 is 0. The van der Waals surface area contributed by atoms with Crippen molar-refractivity contribution in [3.05, 3.63) is 35.6 Å². The maximum absolute atomic E-state index is 13.0. The molecule has 0 unspecified atom stereocenters. The summed E-state index contributed by atoms with van der Waals surface area (Å²) in [6.45, 7) is 0.873. The number of likely N-dealkylation sites (tertiary alicyclic amines) is 1. The minimum Gasteiger partial charge on any atom is -0.386 e. The molecule has 3 rings (SSSR count). The molecule has 1 aliphatic heterocycles. The molecule has 0 spiro atoms. The highest BCUT2D eigenvalue weighted by Crippen LogP contribution is 2.44. The summed E-state index contributed by atoms with van der Waals surface area (Å²) in [5.74, 6) is 0.0278. The van der Waals surface area contributed by atoms with E-state index in [0.717, 1.165) is 12.8 Å². The van der Waals surface area contributed by atoms with E-state index in [0.29, 0.717) is 24.6 Å². The van der Waals surface area contributed by atoms with Crippen molar-refractivity contribution in [2.75, 3.05) is 13.1 Å². The third kappa shape index (κ3) is 2.12. The topological polar surface area (TPSA) is 40.5 Å². The number of halogens is 1. The second-order valence-corrected chi connectivity index (χ2v) is 5.43. The summed E-state index contributed by atoms with van der Waals surface area (Å²) in [4.78, 5) is 13.6.